The van der Waals surface area contributed by atoms with Crippen molar-refractivity contribution in [3.05, 3.63) is 29.8 Å². The van der Waals surface area contributed by atoms with Crippen molar-refractivity contribution in [2.45, 2.75) is 45.1 Å². The molecule has 0 aliphatic heterocycles. The Bertz CT molecular complexity index is 515. The molecule has 5 heteroatoms. The Kier molecular flexibility index (Phi) is 5.75. The summed E-state index contributed by atoms with van der Waals surface area (Å²) in [7, 11) is 1.77. The standard InChI is InChI=1S/C17H23F2NO2/c1-12(22-14-8-9-15(18)16(19)10-14)17(21)20(2)11-13-6-4-3-5-7-13/h8-10,12-13H,3-7,11H2,1-2H3. The number of hydrogen-bond acceptors (Lipinski definition) is 2. The number of nitrogens with zero attached hydrogens (tertiary/aromatic N) is 1. The van der Waals surface area contributed by atoms with Gasteiger partial charge in [0.25, 0.3) is 5.91 Å². The summed E-state index contributed by atoms with van der Waals surface area (Å²) in [6.45, 7) is 2.35. The Labute approximate surface area is 130 Å². The van der Waals surface area contributed by atoms with Crippen LogP contribution in [0.2, 0.25) is 0 Å². The predicted molar refractivity (Wildman–Crippen MR) is 80.7 cm³/mol. The highest BCUT2D eigenvalue weighted by atomic mass is 19.2. The topological polar surface area (TPSA) is 29.5 Å². The summed E-state index contributed by atoms with van der Waals surface area (Å²) in [5, 5.41) is 0. The van der Waals surface area contributed by atoms with Crippen molar-refractivity contribution in [3.8, 4) is 5.75 Å². The number of carbonyl (C=O) groups excluding carboxylic acids is 1. The normalized spacial score (nSPS) is 17.1. The number of rotatable bonds is 5. The summed E-state index contributed by atoms with van der Waals surface area (Å²) >= 11 is 0. The lowest BCUT2D eigenvalue weighted by Crippen LogP contribution is -2.40. The Morgan fingerprint density at radius 1 is 1.27 bits per heavy atom. The fraction of sp³-hybridized carbons (Fsp3) is 0.588. The van der Waals surface area contributed by atoms with Gasteiger partial charge in [-0.3, -0.25) is 4.79 Å². The van der Waals surface area contributed by atoms with E-state index < -0.39 is 17.7 Å². The molecular formula is C17H23F2NO2. The van der Waals surface area contributed by atoms with Gasteiger partial charge in [0.1, 0.15) is 5.75 Å². The monoisotopic (exact) mass is 311 g/mol. The molecule has 22 heavy (non-hydrogen) atoms. The maximum Gasteiger partial charge on any atom is 0.263 e. The zero-order chi connectivity index (χ0) is 16.1. The van der Waals surface area contributed by atoms with Crippen molar-refractivity contribution in [1.29, 1.82) is 0 Å². The summed E-state index contributed by atoms with van der Waals surface area (Å²) in [6, 6.07) is 3.27. The first-order chi connectivity index (χ1) is 10.5. The molecule has 0 radical (unpaired) electrons. The highest BCUT2D eigenvalue weighted by Crippen LogP contribution is 2.24. The van der Waals surface area contributed by atoms with E-state index in [1.165, 1.54) is 25.3 Å². The third-order valence-electron chi connectivity index (χ3n) is 4.18. The molecule has 0 aromatic heterocycles. The molecule has 1 aliphatic carbocycles. The third-order valence-corrected chi connectivity index (χ3v) is 4.18. The van der Waals surface area contributed by atoms with Crippen LogP contribution in [-0.2, 0) is 4.79 Å². The highest BCUT2D eigenvalue weighted by Gasteiger charge is 2.23. The molecule has 1 atom stereocenters. The van der Waals surface area contributed by atoms with E-state index >= 15 is 0 Å². The van der Waals surface area contributed by atoms with Gasteiger partial charge in [-0.15, -0.1) is 0 Å². The van der Waals surface area contributed by atoms with Crippen molar-refractivity contribution in [3.63, 3.8) is 0 Å². The van der Waals surface area contributed by atoms with Crippen molar-refractivity contribution in [2.75, 3.05) is 13.6 Å². The number of ether oxygens (including phenoxy) is 1. The number of hydrogen-bond donors (Lipinski definition) is 0. The number of benzene rings is 1. The molecule has 122 valence electrons. The number of likely N-dealkylation sites (N-methyl/N-ethyl adjacent to an activating group) is 1. The van der Waals surface area contributed by atoms with Gasteiger partial charge in [-0.2, -0.15) is 0 Å². The Hall–Kier alpha value is -1.65. The second-order valence-corrected chi connectivity index (χ2v) is 6.06. The average molecular weight is 311 g/mol. The molecule has 0 heterocycles. The molecule has 0 spiro atoms. The molecule has 1 aromatic rings. The Morgan fingerprint density at radius 2 is 1.95 bits per heavy atom. The largest absolute Gasteiger partial charge is 0.481 e. The van der Waals surface area contributed by atoms with Gasteiger partial charge in [-0.25, -0.2) is 8.78 Å². The third kappa shape index (κ3) is 4.42. The smallest absolute Gasteiger partial charge is 0.263 e. The van der Waals surface area contributed by atoms with Crippen LogP contribution in [-0.4, -0.2) is 30.5 Å². The molecule has 1 saturated carbocycles. The molecule has 1 aromatic carbocycles. The Balaban J connectivity index is 1.88. The van der Waals surface area contributed by atoms with Crippen LogP contribution in [0.3, 0.4) is 0 Å². The second-order valence-electron chi connectivity index (χ2n) is 6.06. The summed E-state index contributed by atoms with van der Waals surface area (Å²) in [6.07, 6.45) is 5.34. The first-order valence-electron chi connectivity index (χ1n) is 7.84. The summed E-state index contributed by atoms with van der Waals surface area (Å²) in [4.78, 5) is 14.0. The van der Waals surface area contributed by atoms with Gasteiger partial charge < -0.3 is 9.64 Å². The molecule has 1 aliphatic rings. The van der Waals surface area contributed by atoms with Crippen LogP contribution in [0.5, 0.6) is 5.75 Å². The highest BCUT2D eigenvalue weighted by molar-refractivity contribution is 5.80. The second kappa shape index (κ2) is 7.56. The van der Waals surface area contributed by atoms with Crippen LogP contribution < -0.4 is 4.74 Å². The van der Waals surface area contributed by atoms with Crippen molar-refractivity contribution >= 4 is 5.91 Å². The van der Waals surface area contributed by atoms with Crippen LogP contribution >= 0.6 is 0 Å². The minimum Gasteiger partial charge on any atom is -0.481 e. The maximum atomic E-state index is 13.1. The number of halogens is 2. The molecule has 3 nitrogen and oxygen atoms in total. The molecule has 2 rings (SSSR count). The summed E-state index contributed by atoms with van der Waals surface area (Å²) in [5.74, 6) is -1.34. The molecular weight excluding hydrogens is 288 g/mol. The first-order valence-corrected chi connectivity index (χ1v) is 7.84. The van der Waals surface area contributed by atoms with E-state index in [0.29, 0.717) is 5.92 Å². The van der Waals surface area contributed by atoms with Crippen LogP contribution in [0.4, 0.5) is 8.78 Å². The predicted octanol–water partition coefficient (Wildman–Crippen LogP) is 3.77. The van der Waals surface area contributed by atoms with Gasteiger partial charge in [-0.1, -0.05) is 19.3 Å². The van der Waals surface area contributed by atoms with E-state index in [4.69, 9.17) is 4.74 Å². The molecule has 0 N–H and O–H groups in total. The van der Waals surface area contributed by atoms with E-state index in [9.17, 15) is 13.6 Å². The minimum absolute atomic E-state index is 0.143. The molecule has 0 bridgehead atoms. The van der Waals surface area contributed by atoms with E-state index in [1.54, 1.807) is 18.9 Å². The van der Waals surface area contributed by atoms with Gasteiger partial charge in [0.15, 0.2) is 17.7 Å². The lowest BCUT2D eigenvalue weighted by molar-refractivity contribution is -0.137. The molecule has 1 fully saturated rings. The molecule has 1 amide bonds. The fourth-order valence-corrected chi connectivity index (χ4v) is 2.96. The summed E-state index contributed by atoms with van der Waals surface area (Å²) < 4.78 is 31.5. The van der Waals surface area contributed by atoms with Gasteiger partial charge in [0, 0.05) is 19.7 Å². The quantitative estimate of drug-likeness (QED) is 0.828. The van der Waals surface area contributed by atoms with Gasteiger partial charge >= 0.3 is 0 Å². The van der Waals surface area contributed by atoms with Crippen molar-refractivity contribution in [1.82, 2.24) is 4.90 Å². The van der Waals surface area contributed by atoms with Crippen LogP contribution in [0.1, 0.15) is 39.0 Å². The zero-order valence-corrected chi connectivity index (χ0v) is 13.1. The van der Waals surface area contributed by atoms with Crippen LogP contribution in [0.25, 0.3) is 0 Å². The average Bonchev–Trinajstić information content (AvgIpc) is 2.51. The van der Waals surface area contributed by atoms with Crippen LogP contribution in [0, 0.1) is 17.6 Å². The minimum atomic E-state index is -0.979. The van der Waals surface area contributed by atoms with Gasteiger partial charge in [0.2, 0.25) is 0 Å². The molecule has 1 unspecified atom stereocenters. The summed E-state index contributed by atoms with van der Waals surface area (Å²) in [5.41, 5.74) is 0. The van der Waals surface area contributed by atoms with E-state index in [1.807, 2.05) is 0 Å². The fourth-order valence-electron chi connectivity index (χ4n) is 2.96. The van der Waals surface area contributed by atoms with Crippen molar-refractivity contribution < 1.29 is 18.3 Å². The van der Waals surface area contributed by atoms with Crippen LogP contribution in [0.15, 0.2) is 18.2 Å². The van der Waals surface area contributed by atoms with Crippen molar-refractivity contribution in [2.24, 2.45) is 5.92 Å². The number of amides is 1. The first kappa shape index (κ1) is 16.7. The lowest BCUT2D eigenvalue weighted by atomic mass is 9.89. The Morgan fingerprint density at radius 3 is 2.59 bits per heavy atom. The van der Waals surface area contributed by atoms with Gasteiger partial charge in [-0.05, 0) is 37.8 Å². The van der Waals surface area contributed by atoms with E-state index in [0.717, 1.165) is 31.5 Å². The maximum absolute atomic E-state index is 13.1. The van der Waals surface area contributed by atoms with Gasteiger partial charge in [0.05, 0.1) is 0 Å². The van der Waals surface area contributed by atoms with E-state index in [-0.39, 0.29) is 11.7 Å². The SMILES string of the molecule is CC(Oc1ccc(F)c(F)c1)C(=O)N(C)CC1CCCCC1. The number of carbonyl (C=O) groups is 1. The zero-order valence-electron chi connectivity index (χ0n) is 13.1. The molecule has 0 saturated heterocycles. The van der Waals surface area contributed by atoms with E-state index in [2.05, 4.69) is 0 Å². The lowest BCUT2D eigenvalue weighted by Gasteiger charge is -2.28.